The molecule has 0 unspecified atom stereocenters. The van der Waals surface area contributed by atoms with E-state index in [2.05, 4.69) is 5.32 Å². The summed E-state index contributed by atoms with van der Waals surface area (Å²) in [5.41, 5.74) is 3.19. The molecule has 0 bridgehead atoms. The van der Waals surface area contributed by atoms with Crippen LogP contribution in [0.5, 0.6) is 0 Å². The third kappa shape index (κ3) is 2.66. The first-order valence-corrected chi connectivity index (χ1v) is 7.18. The molecule has 2 aromatic carbocycles. The van der Waals surface area contributed by atoms with Crippen LogP contribution in [0.1, 0.15) is 21.9 Å². The van der Waals surface area contributed by atoms with Crippen molar-refractivity contribution in [2.24, 2.45) is 0 Å². The monoisotopic (exact) mass is 291 g/mol. The molecule has 0 radical (unpaired) electrons. The lowest BCUT2D eigenvalue weighted by molar-refractivity contribution is 0.102. The maximum atomic E-state index is 12.7. The minimum Gasteiger partial charge on any atom is -0.465 e. The van der Waals surface area contributed by atoms with Gasteiger partial charge in [-0.3, -0.25) is 4.79 Å². The zero-order chi connectivity index (χ0) is 15.5. The van der Waals surface area contributed by atoms with Crippen LogP contribution in [-0.2, 0) is 0 Å². The highest BCUT2D eigenvalue weighted by Gasteiger charge is 2.22. The lowest BCUT2D eigenvalue weighted by Gasteiger charge is -2.07. The average Bonchev–Trinajstić information content (AvgIpc) is 2.83. The van der Waals surface area contributed by atoms with E-state index < -0.39 is 0 Å². The van der Waals surface area contributed by atoms with E-state index in [4.69, 9.17) is 4.42 Å². The van der Waals surface area contributed by atoms with E-state index >= 15 is 0 Å². The molecule has 0 aliphatic carbocycles. The van der Waals surface area contributed by atoms with Gasteiger partial charge in [0.05, 0.1) is 5.56 Å². The minimum absolute atomic E-state index is 0.153. The fourth-order valence-corrected chi connectivity index (χ4v) is 2.62. The topological polar surface area (TPSA) is 42.2 Å². The summed E-state index contributed by atoms with van der Waals surface area (Å²) < 4.78 is 5.70. The molecule has 110 valence electrons. The number of furan rings is 1. The van der Waals surface area contributed by atoms with E-state index in [1.807, 2.05) is 74.5 Å². The van der Waals surface area contributed by atoms with Gasteiger partial charge in [0.2, 0.25) is 0 Å². The number of aryl methyl sites for hydroxylation is 2. The van der Waals surface area contributed by atoms with Crippen LogP contribution in [0.25, 0.3) is 11.1 Å². The highest BCUT2D eigenvalue weighted by atomic mass is 16.3. The number of nitrogens with one attached hydrogen (secondary N) is 1. The Balaban J connectivity index is 2.02. The van der Waals surface area contributed by atoms with E-state index in [-0.39, 0.29) is 5.91 Å². The number of carbonyl (C=O) groups excluding carboxylic acids is 1. The van der Waals surface area contributed by atoms with Gasteiger partial charge in [-0.15, -0.1) is 0 Å². The number of hydrogen-bond donors (Lipinski definition) is 1. The number of benzene rings is 2. The molecular formula is C19H17NO2. The molecule has 0 aliphatic heterocycles. The maximum absolute atomic E-state index is 12.7. The average molecular weight is 291 g/mol. The molecule has 0 atom stereocenters. The Labute approximate surface area is 129 Å². The molecule has 0 spiro atoms. The van der Waals surface area contributed by atoms with Gasteiger partial charge in [-0.2, -0.15) is 0 Å². The summed E-state index contributed by atoms with van der Waals surface area (Å²) in [5, 5.41) is 2.92. The number of para-hydroxylation sites is 1. The second kappa shape index (κ2) is 5.90. The van der Waals surface area contributed by atoms with Crippen molar-refractivity contribution in [3.05, 3.63) is 77.7 Å². The lowest BCUT2D eigenvalue weighted by atomic mass is 10.00. The van der Waals surface area contributed by atoms with Gasteiger partial charge in [0.1, 0.15) is 11.5 Å². The van der Waals surface area contributed by atoms with Gasteiger partial charge in [0.25, 0.3) is 5.91 Å². The fourth-order valence-electron chi connectivity index (χ4n) is 2.62. The van der Waals surface area contributed by atoms with Crippen LogP contribution in [0.3, 0.4) is 0 Å². The van der Waals surface area contributed by atoms with Crippen LogP contribution in [0, 0.1) is 13.8 Å². The van der Waals surface area contributed by atoms with E-state index in [0.29, 0.717) is 11.3 Å². The fraction of sp³-hybridized carbons (Fsp3) is 0.105. The van der Waals surface area contributed by atoms with E-state index in [1.165, 1.54) is 0 Å². The summed E-state index contributed by atoms with van der Waals surface area (Å²) in [6, 6.07) is 19.3. The normalized spacial score (nSPS) is 10.5. The summed E-state index contributed by atoms with van der Waals surface area (Å²) in [7, 11) is 0. The highest BCUT2D eigenvalue weighted by molar-refractivity contribution is 6.09. The van der Waals surface area contributed by atoms with Crippen LogP contribution in [0.15, 0.2) is 65.1 Å². The predicted octanol–water partition coefficient (Wildman–Crippen LogP) is 4.82. The second-order valence-corrected chi connectivity index (χ2v) is 5.15. The van der Waals surface area contributed by atoms with Crippen molar-refractivity contribution >= 4 is 11.6 Å². The Morgan fingerprint density at radius 3 is 2.09 bits per heavy atom. The van der Waals surface area contributed by atoms with Crippen LogP contribution in [0.4, 0.5) is 5.69 Å². The van der Waals surface area contributed by atoms with E-state index in [1.54, 1.807) is 0 Å². The first kappa shape index (κ1) is 14.1. The van der Waals surface area contributed by atoms with Gasteiger partial charge in [0.15, 0.2) is 0 Å². The van der Waals surface area contributed by atoms with Gasteiger partial charge in [-0.25, -0.2) is 0 Å². The number of rotatable bonds is 3. The van der Waals surface area contributed by atoms with Crippen molar-refractivity contribution in [3.8, 4) is 11.1 Å². The highest BCUT2D eigenvalue weighted by Crippen LogP contribution is 2.32. The molecule has 22 heavy (non-hydrogen) atoms. The molecule has 0 saturated heterocycles. The largest absolute Gasteiger partial charge is 0.465 e. The molecule has 3 aromatic rings. The molecule has 1 amide bonds. The number of hydrogen-bond acceptors (Lipinski definition) is 2. The lowest BCUT2D eigenvalue weighted by Crippen LogP contribution is -2.13. The number of amides is 1. The third-order valence-electron chi connectivity index (χ3n) is 3.58. The molecule has 0 aliphatic rings. The Bertz CT molecular complexity index is 789. The van der Waals surface area contributed by atoms with Crippen molar-refractivity contribution in [2.75, 3.05) is 5.32 Å². The summed E-state index contributed by atoms with van der Waals surface area (Å²) in [5.74, 6) is 1.23. The molecule has 0 fully saturated rings. The van der Waals surface area contributed by atoms with Gasteiger partial charge in [-0.05, 0) is 31.5 Å². The quantitative estimate of drug-likeness (QED) is 0.752. The standard InChI is InChI=1S/C19H17NO2/c1-13-17(15-9-5-3-6-10-15)18(14(2)22-13)19(21)20-16-11-7-4-8-12-16/h3-12H,1-2H3,(H,20,21). The molecule has 3 heteroatoms. The number of anilines is 1. The zero-order valence-electron chi connectivity index (χ0n) is 12.6. The van der Waals surface area contributed by atoms with Gasteiger partial charge in [-0.1, -0.05) is 48.5 Å². The summed E-state index contributed by atoms with van der Waals surface area (Å²) >= 11 is 0. The van der Waals surface area contributed by atoms with Crippen molar-refractivity contribution in [3.63, 3.8) is 0 Å². The number of carbonyl (C=O) groups is 1. The van der Waals surface area contributed by atoms with Crippen LogP contribution in [-0.4, -0.2) is 5.91 Å². The molecule has 1 heterocycles. The molecule has 3 nitrogen and oxygen atoms in total. The van der Waals surface area contributed by atoms with Gasteiger partial charge >= 0.3 is 0 Å². The van der Waals surface area contributed by atoms with Crippen LogP contribution in [0.2, 0.25) is 0 Å². The molecular weight excluding hydrogens is 274 g/mol. The van der Waals surface area contributed by atoms with Crippen molar-refractivity contribution < 1.29 is 9.21 Å². The Morgan fingerprint density at radius 1 is 0.864 bits per heavy atom. The molecule has 1 aromatic heterocycles. The second-order valence-electron chi connectivity index (χ2n) is 5.15. The first-order valence-electron chi connectivity index (χ1n) is 7.18. The van der Waals surface area contributed by atoms with Crippen LogP contribution < -0.4 is 5.32 Å². The Kier molecular flexibility index (Phi) is 3.79. The molecule has 0 saturated carbocycles. The Morgan fingerprint density at radius 2 is 1.45 bits per heavy atom. The Hall–Kier alpha value is -2.81. The third-order valence-corrected chi connectivity index (χ3v) is 3.58. The predicted molar refractivity (Wildman–Crippen MR) is 88.0 cm³/mol. The van der Waals surface area contributed by atoms with Crippen molar-refractivity contribution in [2.45, 2.75) is 13.8 Å². The van der Waals surface area contributed by atoms with Gasteiger partial charge in [0, 0.05) is 11.3 Å². The summed E-state index contributed by atoms with van der Waals surface area (Å²) in [6.45, 7) is 3.70. The minimum atomic E-state index is -0.153. The van der Waals surface area contributed by atoms with Gasteiger partial charge < -0.3 is 9.73 Å². The SMILES string of the molecule is Cc1oc(C)c(-c2ccccc2)c1C(=O)Nc1ccccc1. The zero-order valence-corrected chi connectivity index (χ0v) is 12.6. The van der Waals surface area contributed by atoms with Crippen molar-refractivity contribution in [1.82, 2.24) is 0 Å². The molecule has 1 N–H and O–H groups in total. The van der Waals surface area contributed by atoms with E-state index in [9.17, 15) is 4.79 Å². The molecule has 3 rings (SSSR count). The summed E-state index contributed by atoms with van der Waals surface area (Å²) in [6.07, 6.45) is 0. The first-order chi connectivity index (χ1) is 10.7. The van der Waals surface area contributed by atoms with Crippen molar-refractivity contribution in [1.29, 1.82) is 0 Å². The smallest absolute Gasteiger partial charge is 0.259 e. The van der Waals surface area contributed by atoms with E-state index in [0.717, 1.165) is 22.6 Å². The summed E-state index contributed by atoms with van der Waals surface area (Å²) in [4.78, 5) is 12.7. The maximum Gasteiger partial charge on any atom is 0.259 e. The van der Waals surface area contributed by atoms with Crippen LogP contribution >= 0.6 is 0 Å².